The van der Waals surface area contributed by atoms with Gasteiger partial charge in [0, 0.05) is 24.4 Å². The molecule has 0 atom stereocenters. The molecular weight excluding hydrogens is 320 g/mol. The zero-order valence-corrected chi connectivity index (χ0v) is 12.6. The van der Waals surface area contributed by atoms with Crippen molar-refractivity contribution in [2.45, 2.75) is 18.8 Å². The van der Waals surface area contributed by atoms with E-state index in [0.717, 1.165) is 17.6 Å². The van der Waals surface area contributed by atoms with Gasteiger partial charge < -0.3 is 4.57 Å². The van der Waals surface area contributed by atoms with Crippen LogP contribution < -0.4 is 0 Å². The fraction of sp³-hybridized carbons (Fsp3) is 0.231. The van der Waals surface area contributed by atoms with Crippen LogP contribution in [0.2, 0.25) is 5.02 Å². The van der Waals surface area contributed by atoms with Gasteiger partial charge in [-0.2, -0.15) is 0 Å². The van der Waals surface area contributed by atoms with Crippen LogP contribution in [-0.2, 0) is 18.8 Å². The van der Waals surface area contributed by atoms with Crippen molar-refractivity contribution in [3.63, 3.8) is 0 Å². The molecule has 3 rings (SSSR count). The number of aryl methyl sites for hydroxylation is 2. The molecule has 2 aromatic heterocycles. The molecule has 0 radical (unpaired) electrons. The van der Waals surface area contributed by atoms with Gasteiger partial charge in [-0.3, -0.25) is 0 Å². The van der Waals surface area contributed by atoms with Crippen LogP contribution in [0.1, 0.15) is 11.5 Å². The van der Waals surface area contributed by atoms with Crippen molar-refractivity contribution in [2.24, 2.45) is 0 Å². The fourth-order valence-corrected chi connectivity index (χ4v) is 3.06. The lowest BCUT2D eigenvalue weighted by atomic mass is 10.3. The monoisotopic (exact) mass is 329 g/mol. The standard InChI is InChI=1S/C13H10Cl2FN3S/c14-5-13-18-11-4-10(16)9(15)3-12(11)19(13)2-1-8-6-20-7-17-8/h3-4,6-7H,1-2,5H2. The second kappa shape index (κ2) is 5.68. The topological polar surface area (TPSA) is 30.7 Å². The van der Waals surface area contributed by atoms with Crippen molar-refractivity contribution in [3.05, 3.63) is 45.4 Å². The van der Waals surface area contributed by atoms with Gasteiger partial charge in [0.05, 0.1) is 33.1 Å². The van der Waals surface area contributed by atoms with Crippen LogP contribution in [0.3, 0.4) is 0 Å². The minimum atomic E-state index is -0.468. The largest absolute Gasteiger partial charge is 0.327 e. The van der Waals surface area contributed by atoms with Crippen molar-refractivity contribution in [1.82, 2.24) is 14.5 Å². The molecule has 0 saturated carbocycles. The van der Waals surface area contributed by atoms with Crippen LogP contribution in [0.25, 0.3) is 11.0 Å². The third kappa shape index (κ3) is 2.53. The number of benzene rings is 1. The Bertz CT molecular complexity index is 740. The van der Waals surface area contributed by atoms with Crippen LogP contribution in [0, 0.1) is 5.82 Å². The number of halogens is 3. The van der Waals surface area contributed by atoms with E-state index in [1.54, 1.807) is 22.9 Å². The number of alkyl halides is 1. The number of nitrogens with zero attached hydrogens (tertiary/aromatic N) is 3. The lowest BCUT2D eigenvalue weighted by molar-refractivity contribution is 0.629. The second-order valence-corrected chi connectivity index (χ2v) is 5.69. The predicted molar refractivity (Wildman–Crippen MR) is 80.1 cm³/mol. The van der Waals surface area contributed by atoms with Crippen molar-refractivity contribution in [1.29, 1.82) is 0 Å². The van der Waals surface area contributed by atoms with E-state index in [-0.39, 0.29) is 10.9 Å². The van der Waals surface area contributed by atoms with Crippen molar-refractivity contribution in [2.75, 3.05) is 0 Å². The Balaban J connectivity index is 2.01. The van der Waals surface area contributed by atoms with Crippen LogP contribution in [-0.4, -0.2) is 14.5 Å². The number of aromatic nitrogens is 3. The Morgan fingerprint density at radius 1 is 1.35 bits per heavy atom. The highest BCUT2D eigenvalue weighted by atomic mass is 35.5. The molecule has 20 heavy (non-hydrogen) atoms. The second-order valence-electron chi connectivity index (χ2n) is 4.30. The van der Waals surface area contributed by atoms with Crippen LogP contribution in [0.15, 0.2) is 23.0 Å². The first kappa shape index (κ1) is 13.8. The van der Waals surface area contributed by atoms with E-state index in [1.165, 1.54) is 6.07 Å². The molecule has 0 spiro atoms. The highest BCUT2D eigenvalue weighted by molar-refractivity contribution is 7.07. The summed E-state index contributed by atoms with van der Waals surface area (Å²) >= 11 is 13.3. The van der Waals surface area contributed by atoms with Gasteiger partial charge in [0.15, 0.2) is 0 Å². The van der Waals surface area contributed by atoms with E-state index in [2.05, 4.69) is 9.97 Å². The van der Waals surface area contributed by atoms with Gasteiger partial charge in [-0.05, 0) is 6.07 Å². The van der Waals surface area contributed by atoms with Crippen molar-refractivity contribution in [3.8, 4) is 0 Å². The van der Waals surface area contributed by atoms with E-state index in [9.17, 15) is 4.39 Å². The van der Waals surface area contributed by atoms with Gasteiger partial charge >= 0.3 is 0 Å². The average molecular weight is 330 g/mol. The SMILES string of the molecule is Fc1cc2nc(CCl)n(CCc3cscn3)c2cc1Cl. The van der Waals surface area contributed by atoms with Crippen molar-refractivity contribution < 1.29 is 4.39 Å². The first-order chi connectivity index (χ1) is 9.69. The average Bonchev–Trinajstić information content (AvgIpc) is 3.05. The van der Waals surface area contributed by atoms with Crippen molar-refractivity contribution >= 4 is 45.6 Å². The number of imidazole rings is 1. The molecule has 7 heteroatoms. The molecule has 0 fully saturated rings. The maximum absolute atomic E-state index is 13.5. The molecule has 3 nitrogen and oxygen atoms in total. The summed E-state index contributed by atoms with van der Waals surface area (Å²) in [6.07, 6.45) is 0.772. The Labute approximate surface area is 129 Å². The van der Waals surface area contributed by atoms with Crippen LogP contribution in [0.4, 0.5) is 4.39 Å². The molecule has 104 valence electrons. The van der Waals surface area contributed by atoms with Gasteiger partial charge in [-0.15, -0.1) is 22.9 Å². The maximum atomic E-state index is 13.5. The summed E-state index contributed by atoms with van der Waals surface area (Å²) < 4.78 is 15.4. The molecule has 3 aromatic rings. The minimum Gasteiger partial charge on any atom is -0.327 e. The van der Waals surface area contributed by atoms with Gasteiger partial charge in [-0.1, -0.05) is 11.6 Å². The summed E-state index contributed by atoms with van der Waals surface area (Å²) in [5.74, 6) is 0.508. The van der Waals surface area contributed by atoms with Gasteiger partial charge in [0.2, 0.25) is 0 Å². The number of hydrogen-bond acceptors (Lipinski definition) is 3. The summed E-state index contributed by atoms with van der Waals surface area (Å²) in [5, 5.41) is 2.10. The summed E-state index contributed by atoms with van der Waals surface area (Å²) in [5.41, 5.74) is 4.18. The van der Waals surface area contributed by atoms with E-state index in [0.29, 0.717) is 17.9 Å². The quantitative estimate of drug-likeness (QED) is 0.669. The Morgan fingerprint density at radius 3 is 2.90 bits per heavy atom. The molecule has 1 aromatic carbocycles. The fourth-order valence-electron chi connectivity index (χ4n) is 2.11. The lowest BCUT2D eigenvalue weighted by Gasteiger charge is -2.06. The molecule has 0 N–H and O–H groups in total. The molecular formula is C13H10Cl2FN3S. The van der Waals surface area contributed by atoms with Crippen LogP contribution in [0.5, 0.6) is 0 Å². The molecule has 0 unspecified atom stereocenters. The summed E-state index contributed by atoms with van der Waals surface area (Å²) in [7, 11) is 0. The lowest BCUT2D eigenvalue weighted by Crippen LogP contribution is -2.05. The summed E-state index contributed by atoms with van der Waals surface area (Å²) in [6.45, 7) is 0.685. The zero-order valence-electron chi connectivity index (χ0n) is 10.3. The van der Waals surface area contributed by atoms with E-state index in [4.69, 9.17) is 23.2 Å². The third-order valence-electron chi connectivity index (χ3n) is 3.06. The first-order valence-corrected chi connectivity index (χ1v) is 7.81. The first-order valence-electron chi connectivity index (χ1n) is 5.96. The van der Waals surface area contributed by atoms with E-state index < -0.39 is 5.82 Å². The maximum Gasteiger partial charge on any atom is 0.144 e. The molecule has 0 saturated heterocycles. The summed E-state index contributed by atoms with van der Waals surface area (Å²) in [4.78, 5) is 8.60. The molecule has 0 amide bonds. The Morgan fingerprint density at radius 2 is 2.20 bits per heavy atom. The predicted octanol–water partition coefficient (Wildman–Crippen LogP) is 4.27. The van der Waals surface area contributed by atoms with E-state index in [1.807, 2.05) is 9.95 Å². The molecule has 0 aliphatic heterocycles. The number of fused-ring (bicyclic) bond motifs is 1. The Hall–Kier alpha value is -1.17. The zero-order chi connectivity index (χ0) is 14.1. The molecule has 0 aliphatic carbocycles. The minimum absolute atomic E-state index is 0.0911. The normalized spacial score (nSPS) is 11.3. The smallest absolute Gasteiger partial charge is 0.144 e. The molecule has 0 bridgehead atoms. The van der Waals surface area contributed by atoms with Gasteiger partial charge in [0.25, 0.3) is 0 Å². The number of hydrogen-bond donors (Lipinski definition) is 0. The van der Waals surface area contributed by atoms with Crippen LogP contribution >= 0.6 is 34.5 Å². The Kier molecular flexibility index (Phi) is 3.92. The number of rotatable bonds is 4. The highest BCUT2D eigenvalue weighted by Gasteiger charge is 2.13. The molecule has 0 aliphatic rings. The number of thiazole rings is 1. The van der Waals surface area contributed by atoms with Gasteiger partial charge in [0.1, 0.15) is 11.6 Å². The van der Waals surface area contributed by atoms with Gasteiger partial charge in [-0.25, -0.2) is 14.4 Å². The van der Waals surface area contributed by atoms with E-state index >= 15 is 0 Å². The summed E-state index contributed by atoms with van der Waals surface area (Å²) in [6, 6.07) is 2.93. The molecule has 2 heterocycles. The third-order valence-corrected chi connectivity index (χ3v) is 4.23. The highest BCUT2D eigenvalue weighted by Crippen LogP contribution is 2.25.